The maximum Gasteiger partial charge on any atom is 0.127 e. The van der Waals surface area contributed by atoms with E-state index in [9.17, 15) is 0 Å². The first-order valence-electron chi connectivity index (χ1n) is 8.22. The third-order valence-corrected chi connectivity index (χ3v) is 4.85. The lowest BCUT2D eigenvalue weighted by atomic mass is 9.92. The van der Waals surface area contributed by atoms with E-state index < -0.39 is 0 Å². The van der Waals surface area contributed by atoms with E-state index in [1.54, 1.807) is 0 Å². The molecule has 0 aliphatic carbocycles. The summed E-state index contributed by atoms with van der Waals surface area (Å²) in [5.74, 6) is 1.76. The van der Waals surface area contributed by atoms with Crippen LogP contribution in [0.15, 0.2) is 18.2 Å². The van der Waals surface area contributed by atoms with Crippen molar-refractivity contribution in [1.82, 2.24) is 4.90 Å². The Kier molecular flexibility index (Phi) is 5.41. The number of halogens is 1. The van der Waals surface area contributed by atoms with Crippen molar-refractivity contribution in [1.29, 1.82) is 0 Å². The summed E-state index contributed by atoms with van der Waals surface area (Å²) in [5.41, 5.74) is 8.73. The number of para-hydroxylation sites is 1. The van der Waals surface area contributed by atoms with Crippen LogP contribution in [0.4, 0.5) is 0 Å². The van der Waals surface area contributed by atoms with E-state index in [0.717, 1.165) is 25.3 Å². The molecule has 22 heavy (non-hydrogen) atoms. The first kappa shape index (κ1) is 17.6. The zero-order chi connectivity index (χ0) is 15.0. The average Bonchev–Trinajstić information content (AvgIpc) is 2.74. The Bertz CT molecular complexity index is 516. The Morgan fingerprint density at radius 3 is 2.91 bits per heavy atom. The first-order chi connectivity index (χ1) is 9.94. The number of hydrogen-bond acceptors (Lipinski definition) is 3. The highest BCUT2D eigenvalue weighted by Crippen LogP contribution is 2.38. The van der Waals surface area contributed by atoms with Gasteiger partial charge in [0.25, 0.3) is 0 Å². The van der Waals surface area contributed by atoms with Crippen molar-refractivity contribution in [2.75, 3.05) is 13.1 Å². The molecule has 2 heterocycles. The van der Waals surface area contributed by atoms with Crippen LogP contribution >= 0.6 is 12.4 Å². The van der Waals surface area contributed by atoms with Gasteiger partial charge >= 0.3 is 0 Å². The van der Waals surface area contributed by atoms with Gasteiger partial charge in [0.2, 0.25) is 0 Å². The van der Waals surface area contributed by atoms with Gasteiger partial charge in [0.15, 0.2) is 0 Å². The fraction of sp³-hybridized carbons (Fsp3) is 0.667. The highest BCUT2D eigenvalue weighted by Gasteiger charge is 2.32. The highest BCUT2D eigenvalue weighted by atomic mass is 35.5. The van der Waals surface area contributed by atoms with E-state index in [4.69, 9.17) is 10.5 Å². The van der Waals surface area contributed by atoms with Crippen molar-refractivity contribution in [3.8, 4) is 5.75 Å². The lowest BCUT2D eigenvalue weighted by Gasteiger charge is -2.35. The van der Waals surface area contributed by atoms with Crippen LogP contribution in [-0.2, 0) is 13.0 Å². The van der Waals surface area contributed by atoms with Gasteiger partial charge < -0.3 is 10.5 Å². The summed E-state index contributed by atoms with van der Waals surface area (Å²) in [7, 11) is 0. The van der Waals surface area contributed by atoms with Gasteiger partial charge in [-0.2, -0.15) is 0 Å². The smallest absolute Gasteiger partial charge is 0.127 e. The number of ether oxygens (including phenoxy) is 1. The topological polar surface area (TPSA) is 38.5 Å². The highest BCUT2D eigenvalue weighted by molar-refractivity contribution is 5.85. The number of rotatable bonds is 3. The Morgan fingerprint density at radius 2 is 2.18 bits per heavy atom. The molecule has 4 heteroatoms. The average molecular weight is 325 g/mol. The molecule has 0 saturated carbocycles. The molecule has 1 aromatic rings. The normalized spacial score (nSPS) is 25.0. The Balaban J connectivity index is 0.00000176. The molecule has 3 rings (SSSR count). The van der Waals surface area contributed by atoms with E-state index in [0.29, 0.717) is 12.0 Å². The third kappa shape index (κ3) is 3.76. The second-order valence-electron chi connectivity index (χ2n) is 7.44. The molecule has 1 saturated heterocycles. The molecule has 3 nitrogen and oxygen atoms in total. The summed E-state index contributed by atoms with van der Waals surface area (Å²) < 4.78 is 6.19. The molecule has 1 aromatic carbocycles. The zero-order valence-electron chi connectivity index (χ0n) is 14.0. The summed E-state index contributed by atoms with van der Waals surface area (Å²) in [6, 6.07) is 6.89. The minimum absolute atomic E-state index is 0. The van der Waals surface area contributed by atoms with Gasteiger partial charge in [-0.25, -0.2) is 0 Å². The molecular formula is C18H29ClN2O. The molecule has 2 unspecified atom stereocenters. The van der Waals surface area contributed by atoms with Crippen molar-refractivity contribution in [3.63, 3.8) is 0 Å². The molecule has 1 fully saturated rings. The maximum absolute atomic E-state index is 6.19. The summed E-state index contributed by atoms with van der Waals surface area (Å²) in [5, 5.41) is 0. The fourth-order valence-corrected chi connectivity index (χ4v) is 3.71. The first-order valence-corrected chi connectivity index (χ1v) is 8.22. The lowest BCUT2D eigenvalue weighted by molar-refractivity contribution is 0.129. The van der Waals surface area contributed by atoms with Gasteiger partial charge in [0, 0.05) is 31.1 Å². The summed E-state index contributed by atoms with van der Waals surface area (Å²) >= 11 is 0. The van der Waals surface area contributed by atoms with Crippen molar-refractivity contribution >= 4 is 12.4 Å². The Hall–Kier alpha value is -0.770. The Labute approximate surface area is 140 Å². The van der Waals surface area contributed by atoms with Crippen molar-refractivity contribution in [2.24, 2.45) is 11.7 Å². The van der Waals surface area contributed by atoms with Gasteiger partial charge in [-0.15, -0.1) is 12.4 Å². The van der Waals surface area contributed by atoms with E-state index in [2.05, 4.69) is 43.9 Å². The molecule has 2 atom stereocenters. The van der Waals surface area contributed by atoms with Crippen LogP contribution in [0.5, 0.6) is 5.75 Å². The molecule has 0 radical (unpaired) electrons. The van der Waals surface area contributed by atoms with Gasteiger partial charge in [-0.1, -0.05) is 18.2 Å². The number of likely N-dealkylation sites (tertiary alicyclic amines) is 1. The second kappa shape index (κ2) is 6.77. The lowest BCUT2D eigenvalue weighted by Crippen LogP contribution is -2.42. The molecule has 0 aromatic heterocycles. The molecule has 2 N–H and O–H groups in total. The number of hydrogen-bond donors (Lipinski definition) is 1. The van der Waals surface area contributed by atoms with E-state index in [-0.39, 0.29) is 18.0 Å². The van der Waals surface area contributed by atoms with Crippen LogP contribution < -0.4 is 10.5 Å². The van der Waals surface area contributed by atoms with Gasteiger partial charge in [0.05, 0.1) is 0 Å². The third-order valence-electron chi connectivity index (χ3n) is 4.85. The molecule has 0 amide bonds. The van der Waals surface area contributed by atoms with Gasteiger partial charge in [-0.05, 0) is 51.6 Å². The minimum atomic E-state index is -0.0609. The van der Waals surface area contributed by atoms with Crippen molar-refractivity contribution < 1.29 is 4.74 Å². The molecule has 2 aliphatic rings. The molecule has 124 valence electrons. The van der Waals surface area contributed by atoms with Crippen LogP contribution in [0.25, 0.3) is 0 Å². The summed E-state index contributed by atoms with van der Waals surface area (Å²) in [6.07, 6.45) is 3.54. The van der Waals surface area contributed by atoms with Crippen LogP contribution in [0.3, 0.4) is 0 Å². The maximum atomic E-state index is 6.19. The Morgan fingerprint density at radius 1 is 1.41 bits per heavy atom. The van der Waals surface area contributed by atoms with Crippen LogP contribution in [0, 0.1) is 5.92 Å². The quantitative estimate of drug-likeness (QED) is 0.926. The van der Waals surface area contributed by atoms with Crippen LogP contribution in [0.2, 0.25) is 0 Å². The SMILES string of the molecule is CC(N)C1CCCN(Cc2cccc3c2OC(C)(C)C3)C1.Cl. The second-order valence-corrected chi connectivity index (χ2v) is 7.44. The van der Waals surface area contributed by atoms with E-state index >= 15 is 0 Å². The van der Waals surface area contributed by atoms with Gasteiger partial charge in [-0.3, -0.25) is 4.90 Å². The summed E-state index contributed by atoms with van der Waals surface area (Å²) in [6.45, 7) is 9.76. The van der Waals surface area contributed by atoms with E-state index in [1.807, 2.05) is 0 Å². The minimum Gasteiger partial charge on any atom is -0.487 e. The zero-order valence-corrected chi connectivity index (χ0v) is 14.8. The number of piperidine rings is 1. The number of fused-ring (bicyclic) bond motifs is 1. The monoisotopic (exact) mass is 324 g/mol. The number of benzene rings is 1. The molecule has 2 aliphatic heterocycles. The fourth-order valence-electron chi connectivity index (χ4n) is 3.71. The predicted octanol–water partition coefficient (Wildman–Crippen LogP) is 3.38. The predicted molar refractivity (Wildman–Crippen MR) is 93.8 cm³/mol. The largest absolute Gasteiger partial charge is 0.487 e. The van der Waals surface area contributed by atoms with Crippen LogP contribution in [-0.4, -0.2) is 29.6 Å². The number of nitrogens with zero attached hydrogens (tertiary/aromatic N) is 1. The van der Waals surface area contributed by atoms with Gasteiger partial charge in [0.1, 0.15) is 11.4 Å². The van der Waals surface area contributed by atoms with Crippen LogP contribution in [0.1, 0.15) is 44.7 Å². The molecule has 0 spiro atoms. The summed E-state index contributed by atoms with van der Waals surface area (Å²) in [4.78, 5) is 2.54. The molecular weight excluding hydrogens is 296 g/mol. The van der Waals surface area contributed by atoms with E-state index in [1.165, 1.54) is 30.5 Å². The van der Waals surface area contributed by atoms with Crippen molar-refractivity contribution in [3.05, 3.63) is 29.3 Å². The molecule has 0 bridgehead atoms. The standard InChI is InChI=1S/C18H28N2O.ClH/c1-13(19)15-8-5-9-20(11-15)12-16-7-4-6-14-10-18(2,3)21-17(14)16;/h4,6-7,13,15H,5,8-12,19H2,1-3H3;1H. The van der Waals surface area contributed by atoms with Crippen molar-refractivity contribution in [2.45, 2.75) is 58.2 Å². The number of nitrogens with two attached hydrogens (primary N) is 1.